The summed E-state index contributed by atoms with van der Waals surface area (Å²) in [6, 6.07) is 0. The fourth-order valence-corrected chi connectivity index (χ4v) is 5.00. The molecule has 2 rings (SSSR count). The third kappa shape index (κ3) is 7.34. The number of hydrogen-bond acceptors (Lipinski definition) is 6. The monoisotopic (exact) mass is 443 g/mol. The maximum absolute atomic E-state index is 12.1. The summed E-state index contributed by atoms with van der Waals surface area (Å²) >= 11 is 0. The number of hydrogen-bond donors (Lipinski definition) is 2. The zero-order valence-corrected chi connectivity index (χ0v) is 19.5. The molecule has 1 saturated carbocycles. The predicted octanol–water partition coefficient (Wildman–Crippen LogP) is 4.09. The van der Waals surface area contributed by atoms with E-state index in [0.29, 0.717) is 6.42 Å². The van der Waals surface area contributed by atoms with Crippen molar-refractivity contribution in [2.75, 3.05) is 5.75 Å². The van der Waals surface area contributed by atoms with Crippen molar-refractivity contribution in [2.24, 2.45) is 17.3 Å². The summed E-state index contributed by atoms with van der Waals surface area (Å²) in [6.07, 6.45) is 9.07. The van der Waals surface area contributed by atoms with E-state index in [1.807, 2.05) is 20.8 Å². The van der Waals surface area contributed by atoms with Gasteiger partial charge >= 0.3 is 5.97 Å². The number of carbonyl (C=O) groups is 1. The standard InChI is InChI=1S/C21H37N3O5S/c1-5-30(27,28)22-14-17-23-19(29-24-17)16(18(20(25)26)21(2,3)4)13-9-12-15-10-7-6-8-11-15/h15-16,18,22H,5-14H2,1-4H3,(H,25,26)/t16-,18?/m1/s1. The van der Waals surface area contributed by atoms with Gasteiger partial charge in [-0.1, -0.05) is 70.9 Å². The second kappa shape index (κ2) is 10.7. The number of aromatic nitrogens is 2. The average molecular weight is 444 g/mol. The first-order valence-electron chi connectivity index (χ1n) is 11.1. The van der Waals surface area contributed by atoms with Gasteiger partial charge in [0.1, 0.15) is 0 Å². The van der Waals surface area contributed by atoms with Crippen molar-refractivity contribution in [3.63, 3.8) is 0 Å². The molecule has 1 aromatic heterocycles. The Hall–Kier alpha value is -1.48. The Bertz CT molecular complexity index is 779. The van der Waals surface area contributed by atoms with Crippen LogP contribution in [0.4, 0.5) is 0 Å². The summed E-state index contributed by atoms with van der Waals surface area (Å²) < 4.78 is 31.2. The molecule has 0 bridgehead atoms. The molecule has 0 aliphatic heterocycles. The van der Waals surface area contributed by atoms with Gasteiger partial charge in [-0.25, -0.2) is 13.1 Å². The van der Waals surface area contributed by atoms with Gasteiger partial charge in [0.15, 0.2) is 5.82 Å². The highest BCUT2D eigenvalue weighted by Gasteiger charge is 2.41. The lowest BCUT2D eigenvalue weighted by molar-refractivity contribution is -0.147. The highest BCUT2D eigenvalue weighted by Crippen LogP contribution is 2.41. The van der Waals surface area contributed by atoms with Crippen LogP contribution in [0.2, 0.25) is 0 Å². The van der Waals surface area contributed by atoms with Gasteiger partial charge in [-0.2, -0.15) is 4.98 Å². The van der Waals surface area contributed by atoms with E-state index in [4.69, 9.17) is 4.52 Å². The van der Waals surface area contributed by atoms with Gasteiger partial charge in [0.05, 0.1) is 24.1 Å². The Morgan fingerprint density at radius 2 is 1.93 bits per heavy atom. The van der Waals surface area contributed by atoms with Crippen LogP contribution in [0, 0.1) is 17.3 Å². The van der Waals surface area contributed by atoms with Crippen molar-refractivity contribution in [1.29, 1.82) is 0 Å². The van der Waals surface area contributed by atoms with Gasteiger partial charge in [-0.3, -0.25) is 4.79 Å². The van der Waals surface area contributed by atoms with Gasteiger partial charge in [0.2, 0.25) is 15.9 Å². The summed E-state index contributed by atoms with van der Waals surface area (Å²) in [5.41, 5.74) is -0.486. The summed E-state index contributed by atoms with van der Waals surface area (Å²) in [7, 11) is -3.37. The molecule has 1 aliphatic rings. The van der Waals surface area contributed by atoms with E-state index in [-0.39, 0.29) is 24.0 Å². The number of carboxylic acids is 1. The lowest BCUT2D eigenvalue weighted by Gasteiger charge is -2.32. The van der Waals surface area contributed by atoms with Crippen LogP contribution in [0.3, 0.4) is 0 Å². The van der Waals surface area contributed by atoms with Crippen molar-refractivity contribution in [3.05, 3.63) is 11.7 Å². The van der Waals surface area contributed by atoms with Crippen LogP contribution >= 0.6 is 0 Å². The van der Waals surface area contributed by atoms with Crippen LogP contribution in [0.25, 0.3) is 0 Å². The SMILES string of the molecule is CCS(=O)(=O)NCc1noc([C@H](CCCC2CCCCC2)C(C(=O)O)C(C)(C)C)n1. The molecule has 2 N–H and O–H groups in total. The number of sulfonamides is 1. The average Bonchev–Trinajstić information content (AvgIpc) is 3.14. The van der Waals surface area contributed by atoms with Crippen LogP contribution in [-0.4, -0.2) is 35.4 Å². The molecular weight excluding hydrogens is 406 g/mol. The Kier molecular flexibility index (Phi) is 8.85. The van der Waals surface area contributed by atoms with Gasteiger partial charge in [0, 0.05) is 0 Å². The van der Waals surface area contributed by atoms with E-state index in [9.17, 15) is 18.3 Å². The molecule has 1 fully saturated rings. The zero-order valence-electron chi connectivity index (χ0n) is 18.7. The van der Waals surface area contributed by atoms with Gasteiger partial charge < -0.3 is 9.63 Å². The van der Waals surface area contributed by atoms with E-state index in [1.54, 1.807) is 6.92 Å². The summed E-state index contributed by atoms with van der Waals surface area (Å²) in [5.74, 6) is -0.772. The van der Waals surface area contributed by atoms with Crippen LogP contribution in [0.1, 0.15) is 96.7 Å². The number of nitrogens with one attached hydrogen (secondary N) is 1. The topological polar surface area (TPSA) is 122 Å². The second-order valence-corrected chi connectivity index (χ2v) is 11.6. The summed E-state index contributed by atoms with van der Waals surface area (Å²) in [6.45, 7) is 7.21. The Morgan fingerprint density at radius 3 is 2.50 bits per heavy atom. The molecular formula is C21H37N3O5S. The number of aliphatic carboxylic acids is 1. The molecule has 2 atom stereocenters. The van der Waals surface area contributed by atoms with E-state index >= 15 is 0 Å². The van der Waals surface area contributed by atoms with Crippen LogP contribution in [-0.2, 0) is 21.4 Å². The molecule has 0 amide bonds. The Balaban J connectivity index is 2.14. The minimum atomic E-state index is -3.37. The fourth-order valence-electron chi connectivity index (χ4n) is 4.45. The molecule has 0 aromatic carbocycles. The summed E-state index contributed by atoms with van der Waals surface area (Å²) in [4.78, 5) is 16.5. The molecule has 1 aliphatic carbocycles. The van der Waals surface area contributed by atoms with Crippen molar-refractivity contribution >= 4 is 16.0 Å². The first kappa shape index (κ1) is 24.8. The predicted molar refractivity (Wildman–Crippen MR) is 114 cm³/mol. The van der Waals surface area contributed by atoms with Gasteiger partial charge in [0.25, 0.3) is 0 Å². The first-order valence-corrected chi connectivity index (χ1v) is 12.7. The van der Waals surface area contributed by atoms with E-state index in [2.05, 4.69) is 14.9 Å². The molecule has 1 heterocycles. The first-order chi connectivity index (χ1) is 14.0. The lowest BCUT2D eigenvalue weighted by atomic mass is 9.71. The van der Waals surface area contributed by atoms with E-state index in [1.165, 1.54) is 32.1 Å². The van der Waals surface area contributed by atoms with Crippen molar-refractivity contribution in [1.82, 2.24) is 14.9 Å². The highest BCUT2D eigenvalue weighted by atomic mass is 32.2. The number of nitrogens with zero attached hydrogens (tertiary/aromatic N) is 2. The molecule has 0 radical (unpaired) electrons. The van der Waals surface area contributed by atoms with Gasteiger partial charge in [-0.05, 0) is 24.7 Å². The van der Waals surface area contributed by atoms with Crippen LogP contribution in [0.5, 0.6) is 0 Å². The minimum absolute atomic E-state index is 0.0351. The molecule has 9 heteroatoms. The Morgan fingerprint density at radius 1 is 1.27 bits per heavy atom. The number of carboxylic acid groups (broad SMARTS) is 1. The second-order valence-electron chi connectivity index (χ2n) is 9.50. The smallest absolute Gasteiger partial charge is 0.307 e. The number of rotatable bonds is 11. The fraction of sp³-hybridized carbons (Fsp3) is 0.857. The highest BCUT2D eigenvalue weighted by molar-refractivity contribution is 7.89. The largest absolute Gasteiger partial charge is 0.481 e. The lowest BCUT2D eigenvalue weighted by Crippen LogP contribution is -2.34. The molecule has 30 heavy (non-hydrogen) atoms. The minimum Gasteiger partial charge on any atom is -0.481 e. The zero-order chi connectivity index (χ0) is 22.4. The third-order valence-electron chi connectivity index (χ3n) is 6.08. The molecule has 1 unspecified atom stereocenters. The van der Waals surface area contributed by atoms with Crippen LogP contribution in [0.15, 0.2) is 4.52 Å². The maximum Gasteiger partial charge on any atom is 0.307 e. The third-order valence-corrected chi connectivity index (χ3v) is 7.43. The van der Waals surface area contributed by atoms with Crippen molar-refractivity contribution in [3.8, 4) is 0 Å². The van der Waals surface area contributed by atoms with Crippen molar-refractivity contribution in [2.45, 2.75) is 91.5 Å². The van der Waals surface area contributed by atoms with Gasteiger partial charge in [-0.15, -0.1) is 0 Å². The molecule has 8 nitrogen and oxygen atoms in total. The molecule has 172 valence electrons. The summed E-state index contributed by atoms with van der Waals surface area (Å²) in [5, 5.41) is 13.8. The quantitative estimate of drug-likeness (QED) is 0.528. The maximum atomic E-state index is 12.1. The molecule has 0 spiro atoms. The van der Waals surface area contributed by atoms with Crippen LogP contribution < -0.4 is 4.72 Å². The molecule has 1 aromatic rings. The van der Waals surface area contributed by atoms with E-state index in [0.717, 1.165) is 18.8 Å². The van der Waals surface area contributed by atoms with Crippen molar-refractivity contribution < 1.29 is 22.8 Å². The van der Waals surface area contributed by atoms with E-state index < -0.39 is 33.2 Å². The Labute approximate surface area is 180 Å². The molecule has 0 saturated heterocycles. The normalized spacial score (nSPS) is 18.3.